The van der Waals surface area contributed by atoms with Crippen molar-refractivity contribution in [3.05, 3.63) is 28.4 Å². The molecule has 1 unspecified atom stereocenters. The Labute approximate surface area is 111 Å². The molecule has 19 heavy (non-hydrogen) atoms. The summed E-state index contributed by atoms with van der Waals surface area (Å²) in [4.78, 5) is 13.8. The van der Waals surface area contributed by atoms with Gasteiger partial charge >= 0.3 is 5.97 Å². The lowest BCUT2D eigenvalue weighted by Crippen LogP contribution is -2.29. The van der Waals surface area contributed by atoms with Crippen molar-refractivity contribution in [1.82, 2.24) is 15.1 Å². The minimum absolute atomic E-state index is 0.352. The van der Waals surface area contributed by atoms with Gasteiger partial charge in [0.15, 0.2) is 0 Å². The van der Waals surface area contributed by atoms with Crippen LogP contribution in [0.25, 0.3) is 10.4 Å². The van der Waals surface area contributed by atoms with Crippen LogP contribution >= 0.6 is 0 Å². The molecule has 2 N–H and O–H groups in total. The molecule has 0 aliphatic heterocycles. The van der Waals surface area contributed by atoms with Gasteiger partial charge in [-0.15, -0.1) is 0 Å². The largest absolute Gasteiger partial charge is 0.480 e. The Hall–Kier alpha value is -2.05. The lowest BCUT2D eigenvalue weighted by molar-refractivity contribution is -0.139. The average Bonchev–Trinajstić information content (AvgIpc) is 2.82. The maximum atomic E-state index is 11.2. The van der Waals surface area contributed by atoms with E-state index in [0.29, 0.717) is 25.1 Å². The smallest absolute Gasteiger partial charge is 0.325 e. The van der Waals surface area contributed by atoms with E-state index >= 15 is 0 Å². The van der Waals surface area contributed by atoms with Gasteiger partial charge in [0.1, 0.15) is 6.04 Å². The van der Waals surface area contributed by atoms with Crippen LogP contribution in [0.5, 0.6) is 0 Å². The molecule has 0 fully saturated rings. The van der Waals surface area contributed by atoms with E-state index in [1.165, 1.54) is 0 Å². The van der Waals surface area contributed by atoms with Gasteiger partial charge in [-0.2, -0.15) is 5.10 Å². The van der Waals surface area contributed by atoms with Gasteiger partial charge < -0.3 is 10.4 Å². The SMILES string of the molecule is CCCn1cc(C(NCCCN=[N+]=[N-])C(=O)O)cn1. The van der Waals surface area contributed by atoms with Crippen molar-refractivity contribution in [2.24, 2.45) is 5.11 Å². The molecular weight excluding hydrogens is 248 g/mol. The Balaban J connectivity index is 2.55. The van der Waals surface area contributed by atoms with Gasteiger partial charge in [-0.25, -0.2) is 0 Å². The van der Waals surface area contributed by atoms with Crippen molar-refractivity contribution in [1.29, 1.82) is 0 Å². The Morgan fingerprint density at radius 1 is 1.74 bits per heavy atom. The van der Waals surface area contributed by atoms with E-state index in [-0.39, 0.29) is 0 Å². The van der Waals surface area contributed by atoms with Gasteiger partial charge in [0.05, 0.1) is 6.20 Å². The second-order valence-electron chi connectivity index (χ2n) is 4.07. The van der Waals surface area contributed by atoms with Gasteiger partial charge in [0.2, 0.25) is 0 Å². The quantitative estimate of drug-likeness (QED) is 0.306. The molecule has 0 radical (unpaired) electrons. The number of aryl methyl sites for hydroxylation is 1. The number of rotatable bonds is 9. The number of nitrogens with one attached hydrogen (secondary N) is 1. The number of aromatic nitrogens is 2. The highest BCUT2D eigenvalue weighted by atomic mass is 16.4. The van der Waals surface area contributed by atoms with Crippen molar-refractivity contribution >= 4 is 5.97 Å². The molecule has 8 nitrogen and oxygen atoms in total. The van der Waals surface area contributed by atoms with E-state index in [2.05, 4.69) is 20.4 Å². The maximum Gasteiger partial charge on any atom is 0.325 e. The van der Waals surface area contributed by atoms with Crippen LogP contribution in [0.15, 0.2) is 17.5 Å². The van der Waals surface area contributed by atoms with Gasteiger partial charge in [-0.3, -0.25) is 9.48 Å². The summed E-state index contributed by atoms with van der Waals surface area (Å²) in [5.41, 5.74) is 8.76. The summed E-state index contributed by atoms with van der Waals surface area (Å²) >= 11 is 0. The molecule has 8 heteroatoms. The van der Waals surface area contributed by atoms with Crippen molar-refractivity contribution in [3.63, 3.8) is 0 Å². The zero-order valence-corrected chi connectivity index (χ0v) is 10.9. The predicted molar refractivity (Wildman–Crippen MR) is 69.5 cm³/mol. The Bertz CT molecular complexity index is 452. The number of hydrogen-bond donors (Lipinski definition) is 2. The molecule has 1 heterocycles. The van der Waals surface area contributed by atoms with Crippen LogP contribution in [-0.2, 0) is 11.3 Å². The Kier molecular flexibility index (Phi) is 6.42. The Morgan fingerprint density at radius 3 is 3.16 bits per heavy atom. The van der Waals surface area contributed by atoms with Crippen LogP contribution in [-0.4, -0.2) is 33.9 Å². The fraction of sp³-hybridized carbons (Fsp3) is 0.636. The van der Waals surface area contributed by atoms with E-state index in [9.17, 15) is 9.90 Å². The first-order valence-corrected chi connectivity index (χ1v) is 6.18. The van der Waals surface area contributed by atoms with Crippen LogP contribution in [0.2, 0.25) is 0 Å². The first-order chi connectivity index (χ1) is 9.19. The first-order valence-electron chi connectivity index (χ1n) is 6.18. The summed E-state index contributed by atoms with van der Waals surface area (Å²) in [6, 6.07) is -0.781. The third-order valence-corrected chi connectivity index (χ3v) is 2.53. The summed E-state index contributed by atoms with van der Waals surface area (Å²) < 4.78 is 1.73. The van der Waals surface area contributed by atoms with E-state index < -0.39 is 12.0 Å². The molecule has 0 saturated carbocycles. The number of aliphatic carboxylic acids is 1. The van der Waals surface area contributed by atoms with Crippen molar-refractivity contribution in [2.45, 2.75) is 32.4 Å². The minimum Gasteiger partial charge on any atom is -0.480 e. The second-order valence-corrected chi connectivity index (χ2v) is 4.07. The molecule has 1 aromatic rings. The predicted octanol–water partition coefficient (Wildman–Crippen LogP) is 1.71. The van der Waals surface area contributed by atoms with Crippen LogP contribution < -0.4 is 5.32 Å². The van der Waals surface area contributed by atoms with Crippen molar-refractivity contribution in [2.75, 3.05) is 13.1 Å². The third-order valence-electron chi connectivity index (χ3n) is 2.53. The van der Waals surface area contributed by atoms with Crippen LogP contribution in [0.3, 0.4) is 0 Å². The monoisotopic (exact) mass is 266 g/mol. The van der Waals surface area contributed by atoms with Crippen LogP contribution in [0, 0.1) is 0 Å². The third kappa shape index (κ3) is 4.99. The molecule has 0 aliphatic carbocycles. The summed E-state index contributed by atoms with van der Waals surface area (Å²) in [5, 5.41) is 19.6. The number of carboxylic acids is 1. The minimum atomic E-state index is -0.945. The molecule has 0 aliphatic rings. The number of carboxylic acid groups (broad SMARTS) is 1. The maximum absolute atomic E-state index is 11.2. The molecule has 1 aromatic heterocycles. The lowest BCUT2D eigenvalue weighted by atomic mass is 10.1. The molecule has 104 valence electrons. The molecule has 0 saturated heterocycles. The molecule has 0 amide bonds. The van der Waals surface area contributed by atoms with Crippen LogP contribution in [0.4, 0.5) is 0 Å². The first kappa shape index (κ1) is 15.0. The van der Waals surface area contributed by atoms with Crippen LogP contribution in [0.1, 0.15) is 31.4 Å². The van der Waals surface area contributed by atoms with E-state index in [4.69, 9.17) is 5.53 Å². The number of hydrogen-bond acceptors (Lipinski definition) is 4. The van der Waals surface area contributed by atoms with Gasteiger partial charge in [-0.1, -0.05) is 12.0 Å². The molecule has 0 aromatic carbocycles. The van der Waals surface area contributed by atoms with Crippen molar-refractivity contribution < 1.29 is 9.90 Å². The molecule has 1 atom stereocenters. The zero-order valence-electron chi connectivity index (χ0n) is 10.9. The number of azide groups is 1. The highest BCUT2D eigenvalue weighted by Gasteiger charge is 2.20. The fourth-order valence-corrected chi connectivity index (χ4v) is 1.67. The Morgan fingerprint density at radius 2 is 2.53 bits per heavy atom. The summed E-state index contributed by atoms with van der Waals surface area (Å²) in [7, 11) is 0. The van der Waals surface area contributed by atoms with Gasteiger partial charge in [0.25, 0.3) is 0 Å². The summed E-state index contributed by atoms with van der Waals surface area (Å²) in [5.74, 6) is -0.945. The van der Waals surface area contributed by atoms with E-state index in [1.54, 1.807) is 17.1 Å². The summed E-state index contributed by atoms with van der Waals surface area (Å²) in [6.45, 7) is 3.62. The summed E-state index contributed by atoms with van der Waals surface area (Å²) in [6.07, 6.45) is 4.84. The molecule has 0 spiro atoms. The van der Waals surface area contributed by atoms with Gasteiger partial charge in [0, 0.05) is 29.8 Å². The normalized spacial score (nSPS) is 11.8. The topological polar surface area (TPSA) is 116 Å². The number of carbonyl (C=O) groups is 1. The number of nitrogens with zero attached hydrogens (tertiary/aromatic N) is 5. The van der Waals surface area contributed by atoms with E-state index in [1.807, 2.05) is 6.92 Å². The van der Waals surface area contributed by atoms with Crippen molar-refractivity contribution in [3.8, 4) is 0 Å². The average molecular weight is 266 g/mol. The zero-order chi connectivity index (χ0) is 14.1. The highest BCUT2D eigenvalue weighted by Crippen LogP contribution is 2.12. The molecule has 0 bridgehead atoms. The standard InChI is InChI=1S/C11H18N6O2/c1-2-6-17-8-9(7-15-17)10(11(18)19)13-4-3-5-14-16-12/h7-8,10,13H,2-6H2,1H3,(H,18,19). The second kappa shape index (κ2) is 8.12. The molecular formula is C11H18N6O2. The lowest BCUT2D eigenvalue weighted by Gasteiger charge is -2.12. The van der Waals surface area contributed by atoms with E-state index in [0.717, 1.165) is 13.0 Å². The molecule has 1 rings (SSSR count). The van der Waals surface area contributed by atoms with Gasteiger partial charge in [-0.05, 0) is 24.9 Å². The fourth-order valence-electron chi connectivity index (χ4n) is 1.67. The highest BCUT2D eigenvalue weighted by molar-refractivity contribution is 5.75.